The zero-order chi connectivity index (χ0) is 16.5. The molecule has 4 rings (SSSR count). The fourth-order valence-corrected chi connectivity index (χ4v) is 3.35. The second-order valence-corrected chi connectivity index (χ2v) is 6.63. The molecule has 24 heavy (non-hydrogen) atoms. The van der Waals surface area contributed by atoms with Crippen LogP contribution in [-0.4, -0.2) is 69.9 Å². The molecule has 0 bridgehead atoms. The number of nitrogens with zero attached hydrogens (tertiary/aromatic N) is 5. The topological polar surface area (TPSA) is 57.8 Å². The van der Waals surface area contributed by atoms with Crippen molar-refractivity contribution in [2.24, 2.45) is 0 Å². The maximum atomic E-state index is 12.4. The molecule has 0 N–H and O–H groups in total. The van der Waals surface area contributed by atoms with E-state index in [1.54, 1.807) is 17.0 Å². The number of hydrogen-bond acceptors (Lipinski definition) is 5. The van der Waals surface area contributed by atoms with E-state index in [1.165, 1.54) is 6.26 Å². The van der Waals surface area contributed by atoms with E-state index in [9.17, 15) is 4.79 Å². The van der Waals surface area contributed by atoms with Gasteiger partial charge in [0.15, 0.2) is 5.76 Å². The molecule has 2 aromatic rings. The number of piperazine rings is 1. The van der Waals surface area contributed by atoms with Gasteiger partial charge in [-0.1, -0.05) is 0 Å². The molecule has 1 amide bonds. The average molecular weight is 329 g/mol. The smallest absolute Gasteiger partial charge is 0.290 e. The summed E-state index contributed by atoms with van der Waals surface area (Å²) in [6, 6.07) is 3.45. The third kappa shape index (κ3) is 3.09. The van der Waals surface area contributed by atoms with Crippen molar-refractivity contribution in [3.8, 4) is 0 Å². The number of amides is 1. The fraction of sp³-hybridized carbons (Fsp3) is 0.529. The number of furan rings is 1. The summed E-state index contributed by atoms with van der Waals surface area (Å²) in [5, 5.41) is 0. The van der Waals surface area contributed by atoms with Crippen molar-refractivity contribution >= 4 is 5.91 Å². The van der Waals surface area contributed by atoms with Gasteiger partial charge in [-0.15, -0.1) is 0 Å². The predicted molar refractivity (Wildman–Crippen MR) is 88.4 cm³/mol. The van der Waals surface area contributed by atoms with Crippen LogP contribution in [0, 0.1) is 0 Å². The summed E-state index contributed by atoms with van der Waals surface area (Å²) in [4.78, 5) is 23.8. The number of carbonyl (C=O) groups is 1. The van der Waals surface area contributed by atoms with E-state index in [2.05, 4.69) is 27.6 Å². The maximum Gasteiger partial charge on any atom is 0.290 e. The highest BCUT2D eigenvalue weighted by molar-refractivity contribution is 5.91. The Morgan fingerprint density at radius 3 is 2.79 bits per heavy atom. The van der Waals surface area contributed by atoms with Crippen molar-refractivity contribution in [1.82, 2.24) is 24.3 Å². The van der Waals surface area contributed by atoms with E-state index in [0.29, 0.717) is 18.8 Å². The zero-order valence-corrected chi connectivity index (χ0v) is 14.0. The molecule has 2 aromatic heterocycles. The molecule has 128 valence electrons. The van der Waals surface area contributed by atoms with E-state index < -0.39 is 0 Å². The molecule has 7 heteroatoms. The van der Waals surface area contributed by atoms with Crippen LogP contribution in [0.25, 0.3) is 0 Å². The number of aromatic nitrogens is 2. The lowest BCUT2D eigenvalue weighted by atomic mass is 10.3. The summed E-state index contributed by atoms with van der Waals surface area (Å²) >= 11 is 0. The number of fused-ring (bicyclic) bond motifs is 1. The van der Waals surface area contributed by atoms with E-state index in [0.717, 1.165) is 50.8 Å². The molecule has 0 unspecified atom stereocenters. The molecule has 1 saturated heterocycles. The molecule has 2 aliphatic rings. The molecule has 0 saturated carbocycles. The van der Waals surface area contributed by atoms with Gasteiger partial charge in [-0.3, -0.25) is 9.69 Å². The zero-order valence-electron chi connectivity index (χ0n) is 14.0. The minimum atomic E-state index is -0.0603. The lowest BCUT2D eigenvalue weighted by Gasteiger charge is -2.31. The van der Waals surface area contributed by atoms with Gasteiger partial charge in [-0.25, -0.2) is 4.98 Å². The Labute approximate surface area is 141 Å². The first-order chi connectivity index (χ1) is 11.7. The van der Waals surface area contributed by atoms with Crippen LogP contribution < -0.4 is 0 Å². The van der Waals surface area contributed by atoms with Gasteiger partial charge in [0.25, 0.3) is 5.91 Å². The molecule has 0 atom stereocenters. The van der Waals surface area contributed by atoms with Gasteiger partial charge in [0, 0.05) is 52.0 Å². The van der Waals surface area contributed by atoms with Crippen LogP contribution in [0.5, 0.6) is 0 Å². The average Bonchev–Trinajstić information content (AvgIpc) is 3.24. The number of hydrogen-bond donors (Lipinski definition) is 0. The van der Waals surface area contributed by atoms with Crippen LogP contribution in [0.3, 0.4) is 0 Å². The summed E-state index contributed by atoms with van der Waals surface area (Å²) in [5.74, 6) is 1.30. The normalized spacial score (nSPS) is 19.5. The SMILES string of the molecule is CN1CCN(Cc2cn3c(n2)CN(C(=O)c2ccco2)CC3)CC1. The number of rotatable bonds is 3. The highest BCUT2D eigenvalue weighted by Crippen LogP contribution is 2.17. The van der Waals surface area contributed by atoms with Crippen LogP contribution in [0.1, 0.15) is 22.1 Å². The van der Waals surface area contributed by atoms with Crippen molar-refractivity contribution in [3.63, 3.8) is 0 Å². The fourth-order valence-electron chi connectivity index (χ4n) is 3.35. The highest BCUT2D eigenvalue weighted by atomic mass is 16.3. The van der Waals surface area contributed by atoms with Crippen LogP contribution in [0.4, 0.5) is 0 Å². The third-order valence-electron chi connectivity index (χ3n) is 4.85. The predicted octanol–water partition coefficient (Wildman–Crippen LogP) is 0.879. The van der Waals surface area contributed by atoms with Gasteiger partial charge in [0.1, 0.15) is 5.82 Å². The lowest BCUT2D eigenvalue weighted by molar-refractivity contribution is 0.0675. The van der Waals surface area contributed by atoms with Crippen LogP contribution in [0.15, 0.2) is 29.0 Å². The van der Waals surface area contributed by atoms with Crippen LogP contribution in [-0.2, 0) is 19.6 Å². The van der Waals surface area contributed by atoms with Crippen molar-refractivity contribution < 1.29 is 9.21 Å². The van der Waals surface area contributed by atoms with Gasteiger partial charge in [0.2, 0.25) is 0 Å². The summed E-state index contributed by atoms with van der Waals surface area (Å²) in [6.45, 7) is 7.30. The molecule has 4 heterocycles. The second-order valence-electron chi connectivity index (χ2n) is 6.63. The molecular weight excluding hydrogens is 306 g/mol. The van der Waals surface area contributed by atoms with Gasteiger partial charge in [-0.2, -0.15) is 0 Å². The quantitative estimate of drug-likeness (QED) is 0.837. The molecule has 7 nitrogen and oxygen atoms in total. The van der Waals surface area contributed by atoms with Gasteiger partial charge in [-0.05, 0) is 19.2 Å². The summed E-state index contributed by atoms with van der Waals surface area (Å²) < 4.78 is 7.40. The number of imidazole rings is 1. The van der Waals surface area contributed by atoms with Crippen molar-refractivity contribution in [2.45, 2.75) is 19.6 Å². The standard InChI is InChI=1S/C17H23N5O2/c1-19-4-6-20(7-5-19)11-14-12-21-8-9-22(13-16(21)18-14)17(23)15-3-2-10-24-15/h2-3,10,12H,4-9,11,13H2,1H3. The van der Waals surface area contributed by atoms with Crippen molar-refractivity contribution in [1.29, 1.82) is 0 Å². The minimum absolute atomic E-state index is 0.0603. The van der Waals surface area contributed by atoms with Gasteiger partial charge < -0.3 is 18.8 Å². The van der Waals surface area contributed by atoms with Crippen molar-refractivity contribution in [3.05, 3.63) is 41.9 Å². The van der Waals surface area contributed by atoms with Gasteiger partial charge in [0.05, 0.1) is 18.5 Å². The maximum absolute atomic E-state index is 12.4. The molecule has 0 aliphatic carbocycles. The monoisotopic (exact) mass is 329 g/mol. The molecule has 1 fully saturated rings. The number of likely N-dealkylation sites (N-methyl/N-ethyl adjacent to an activating group) is 1. The van der Waals surface area contributed by atoms with E-state index in [4.69, 9.17) is 9.40 Å². The van der Waals surface area contributed by atoms with Crippen LogP contribution in [0.2, 0.25) is 0 Å². The Bertz CT molecular complexity index is 701. The first-order valence-electron chi connectivity index (χ1n) is 8.47. The molecule has 2 aliphatic heterocycles. The Kier molecular flexibility index (Phi) is 4.12. The highest BCUT2D eigenvalue weighted by Gasteiger charge is 2.25. The number of carbonyl (C=O) groups excluding carboxylic acids is 1. The third-order valence-corrected chi connectivity index (χ3v) is 4.85. The lowest BCUT2D eigenvalue weighted by Crippen LogP contribution is -2.43. The molecule has 0 spiro atoms. The first kappa shape index (κ1) is 15.4. The van der Waals surface area contributed by atoms with E-state index in [1.807, 2.05) is 0 Å². The van der Waals surface area contributed by atoms with Gasteiger partial charge >= 0.3 is 0 Å². The molecule has 0 radical (unpaired) electrons. The summed E-state index contributed by atoms with van der Waals surface area (Å²) in [6.07, 6.45) is 3.68. The summed E-state index contributed by atoms with van der Waals surface area (Å²) in [7, 11) is 2.16. The second kappa shape index (κ2) is 6.41. The largest absolute Gasteiger partial charge is 0.459 e. The Hall–Kier alpha value is -2.12. The first-order valence-corrected chi connectivity index (χ1v) is 8.47. The Balaban J connectivity index is 1.41. The Morgan fingerprint density at radius 1 is 1.21 bits per heavy atom. The summed E-state index contributed by atoms with van der Waals surface area (Å²) in [5.41, 5.74) is 1.10. The molecular formula is C17H23N5O2. The van der Waals surface area contributed by atoms with E-state index in [-0.39, 0.29) is 5.91 Å². The van der Waals surface area contributed by atoms with Crippen LogP contribution >= 0.6 is 0 Å². The van der Waals surface area contributed by atoms with E-state index >= 15 is 0 Å². The van der Waals surface area contributed by atoms with Crippen molar-refractivity contribution in [2.75, 3.05) is 39.8 Å². The minimum Gasteiger partial charge on any atom is -0.459 e. The Morgan fingerprint density at radius 2 is 2.04 bits per heavy atom. The molecule has 0 aromatic carbocycles.